The number of aryl methyl sites for hydroxylation is 1. The van der Waals surface area contributed by atoms with Gasteiger partial charge < -0.3 is 0 Å². The number of nitrogens with zero attached hydrogens (tertiary/aromatic N) is 5. The van der Waals surface area contributed by atoms with Crippen LogP contribution in [-0.2, 0) is 0 Å². The average molecular weight is 836 g/mol. The molecule has 0 N–H and O–H groups in total. The van der Waals surface area contributed by atoms with E-state index in [-0.39, 0.29) is 0 Å². The Bertz CT molecular complexity index is 3420. The first-order valence-corrected chi connectivity index (χ1v) is 23.8. The van der Waals surface area contributed by atoms with E-state index >= 15 is 0 Å². The van der Waals surface area contributed by atoms with E-state index in [1.807, 2.05) is 0 Å². The Labute approximate surface area is 372 Å². The van der Waals surface area contributed by atoms with Gasteiger partial charge in [0.25, 0.3) is 0 Å². The molecule has 5 nitrogen and oxygen atoms in total. The zero-order valence-corrected chi connectivity index (χ0v) is 36.2. The van der Waals surface area contributed by atoms with Gasteiger partial charge in [-0.3, -0.25) is 9.13 Å². The van der Waals surface area contributed by atoms with E-state index < -0.39 is 8.07 Å². The molecule has 3 aromatic heterocycles. The molecule has 12 rings (SSSR count). The molecule has 0 saturated carbocycles. The topological polar surface area (TPSA) is 48.5 Å². The van der Waals surface area contributed by atoms with Crippen molar-refractivity contribution < 1.29 is 0 Å². The van der Waals surface area contributed by atoms with Gasteiger partial charge in [-0.05, 0) is 63.1 Å². The molecule has 302 valence electrons. The fourth-order valence-corrected chi connectivity index (χ4v) is 14.8. The maximum absolute atomic E-state index is 5.46. The standard InChI is InChI=1S/C58H41N5Si/c1-40-19-16-20-41(37-40)42-21-17-27-46(38-42)64(44-23-4-2-5-24-44,45-25-6-3-7-26-45)47-28-18-22-43(39-47)56-59-57(62-52-33-12-8-29-48(52)49-30-9-13-34-53(49)62)61-58(60-56)63-54-35-14-10-31-50(54)51-32-11-15-36-55(51)63/h2-39H,1H3. The molecule has 0 bridgehead atoms. The Balaban J connectivity index is 1.15. The Morgan fingerprint density at radius 1 is 0.312 bits per heavy atom. The van der Waals surface area contributed by atoms with Crippen LogP contribution in [0.5, 0.6) is 0 Å². The van der Waals surface area contributed by atoms with Gasteiger partial charge in [0, 0.05) is 27.1 Å². The van der Waals surface area contributed by atoms with Crippen molar-refractivity contribution in [1.29, 1.82) is 0 Å². The van der Waals surface area contributed by atoms with Crippen molar-refractivity contribution in [3.63, 3.8) is 0 Å². The van der Waals surface area contributed by atoms with Crippen LogP contribution in [0.4, 0.5) is 0 Å². The largest absolute Gasteiger partial charge is 0.278 e. The number of aromatic nitrogens is 5. The first-order chi connectivity index (χ1) is 31.6. The molecule has 0 aliphatic heterocycles. The minimum absolute atomic E-state index is 0.560. The normalized spacial score (nSPS) is 11.8. The van der Waals surface area contributed by atoms with Crippen LogP contribution in [0.25, 0.3) is 78.0 Å². The average Bonchev–Trinajstić information content (AvgIpc) is 3.88. The lowest BCUT2D eigenvalue weighted by Gasteiger charge is -2.35. The van der Waals surface area contributed by atoms with Gasteiger partial charge in [-0.1, -0.05) is 212 Å². The second-order valence-electron chi connectivity index (χ2n) is 16.5. The van der Waals surface area contributed by atoms with Crippen molar-refractivity contribution in [3.05, 3.63) is 236 Å². The van der Waals surface area contributed by atoms with E-state index in [4.69, 9.17) is 15.0 Å². The molecule has 0 fully saturated rings. The summed E-state index contributed by atoms with van der Waals surface area (Å²) in [6.45, 7) is 2.16. The molecule has 0 aliphatic rings. The minimum atomic E-state index is -3.00. The summed E-state index contributed by atoms with van der Waals surface area (Å²) in [6, 6.07) is 83.3. The maximum Gasteiger partial charge on any atom is 0.240 e. The van der Waals surface area contributed by atoms with Crippen LogP contribution in [0.1, 0.15) is 5.56 Å². The summed E-state index contributed by atoms with van der Waals surface area (Å²) < 4.78 is 4.39. The van der Waals surface area contributed by atoms with Crippen molar-refractivity contribution in [3.8, 4) is 34.4 Å². The van der Waals surface area contributed by atoms with E-state index in [9.17, 15) is 0 Å². The molecule has 6 heteroatoms. The summed E-state index contributed by atoms with van der Waals surface area (Å²) in [7, 11) is -3.00. The molecular weight excluding hydrogens is 795 g/mol. The number of benzene rings is 9. The second-order valence-corrected chi connectivity index (χ2v) is 20.3. The van der Waals surface area contributed by atoms with E-state index in [1.165, 1.54) is 37.4 Å². The Hall–Kier alpha value is -8.19. The van der Waals surface area contributed by atoms with Crippen LogP contribution in [0, 0.1) is 6.92 Å². The summed E-state index contributed by atoms with van der Waals surface area (Å²) in [5.41, 5.74) is 8.72. The van der Waals surface area contributed by atoms with Crippen LogP contribution in [0.15, 0.2) is 231 Å². The van der Waals surface area contributed by atoms with E-state index in [1.54, 1.807) is 0 Å². The van der Waals surface area contributed by atoms with Gasteiger partial charge in [0.1, 0.15) is 0 Å². The summed E-state index contributed by atoms with van der Waals surface area (Å²) in [5, 5.41) is 9.73. The van der Waals surface area contributed by atoms with Crippen LogP contribution < -0.4 is 20.7 Å². The maximum atomic E-state index is 5.46. The predicted octanol–water partition coefficient (Wildman–Crippen LogP) is 11.1. The smallest absolute Gasteiger partial charge is 0.240 e. The summed E-state index contributed by atoms with van der Waals surface area (Å²) in [5.74, 6) is 1.72. The lowest BCUT2D eigenvalue weighted by atomic mass is 10.0. The molecule has 9 aromatic carbocycles. The Morgan fingerprint density at radius 2 is 0.672 bits per heavy atom. The van der Waals surface area contributed by atoms with Gasteiger partial charge >= 0.3 is 0 Å². The highest BCUT2D eigenvalue weighted by Crippen LogP contribution is 2.34. The molecule has 0 spiro atoms. The van der Waals surface area contributed by atoms with E-state index in [0.717, 1.165) is 49.2 Å². The third kappa shape index (κ3) is 6.03. The SMILES string of the molecule is Cc1cccc(-c2cccc([Si](c3ccccc3)(c3ccccc3)c3cccc(-c4nc(-n5c6ccccc6c6ccccc65)nc(-n5c6ccccc6c6ccccc65)n4)c3)c2)c1. The third-order valence-corrected chi connectivity index (χ3v) is 17.5. The molecule has 0 aliphatic carbocycles. The quantitative estimate of drug-likeness (QED) is 0.113. The lowest BCUT2D eigenvalue weighted by molar-refractivity contribution is 0.893. The molecule has 0 radical (unpaired) electrons. The predicted molar refractivity (Wildman–Crippen MR) is 268 cm³/mol. The molecule has 0 atom stereocenters. The van der Waals surface area contributed by atoms with Crippen LogP contribution in [0.2, 0.25) is 0 Å². The fraction of sp³-hybridized carbons (Fsp3) is 0.0172. The van der Waals surface area contributed by atoms with Crippen LogP contribution >= 0.6 is 0 Å². The first-order valence-electron chi connectivity index (χ1n) is 21.8. The van der Waals surface area contributed by atoms with Gasteiger partial charge in [0.05, 0.1) is 22.1 Å². The van der Waals surface area contributed by atoms with Crippen molar-refractivity contribution >= 4 is 72.4 Å². The molecule has 12 aromatic rings. The number of para-hydroxylation sites is 4. The third-order valence-electron chi connectivity index (χ3n) is 12.8. The van der Waals surface area contributed by atoms with Gasteiger partial charge in [-0.15, -0.1) is 0 Å². The highest BCUT2D eigenvalue weighted by Gasteiger charge is 2.42. The fourth-order valence-electron chi connectivity index (χ4n) is 9.98. The highest BCUT2D eigenvalue weighted by atomic mass is 28.3. The highest BCUT2D eigenvalue weighted by molar-refractivity contribution is 7.20. The molecule has 0 unspecified atom stereocenters. The van der Waals surface area contributed by atoms with Gasteiger partial charge in [-0.25, -0.2) is 0 Å². The first kappa shape index (κ1) is 37.6. The Kier molecular flexibility index (Phi) is 8.98. The van der Waals surface area contributed by atoms with Crippen molar-refractivity contribution in [2.24, 2.45) is 0 Å². The van der Waals surface area contributed by atoms with E-state index in [0.29, 0.717) is 17.7 Å². The summed E-state index contributed by atoms with van der Waals surface area (Å²) in [4.78, 5) is 16.3. The van der Waals surface area contributed by atoms with Crippen LogP contribution in [-0.4, -0.2) is 32.2 Å². The Morgan fingerprint density at radius 3 is 1.12 bits per heavy atom. The van der Waals surface area contributed by atoms with Crippen molar-refractivity contribution in [2.75, 3.05) is 0 Å². The molecular formula is C58H41N5Si. The number of hydrogen-bond acceptors (Lipinski definition) is 3. The molecule has 3 heterocycles. The van der Waals surface area contributed by atoms with Gasteiger partial charge in [0.15, 0.2) is 13.9 Å². The van der Waals surface area contributed by atoms with E-state index in [2.05, 4.69) is 247 Å². The molecule has 0 amide bonds. The lowest BCUT2D eigenvalue weighted by Crippen LogP contribution is -2.74. The summed E-state index contributed by atoms with van der Waals surface area (Å²) in [6.07, 6.45) is 0. The number of rotatable bonds is 8. The minimum Gasteiger partial charge on any atom is -0.278 e. The second kappa shape index (κ2) is 15.3. The monoisotopic (exact) mass is 835 g/mol. The zero-order valence-electron chi connectivity index (χ0n) is 35.2. The van der Waals surface area contributed by atoms with Crippen molar-refractivity contribution in [2.45, 2.75) is 6.92 Å². The van der Waals surface area contributed by atoms with Crippen molar-refractivity contribution in [1.82, 2.24) is 24.1 Å². The van der Waals surface area contributed by atoms with Gasteiger partial charge in [0.2, 0.25) is 11.9 Å². The van der Waals surface area contributed by atoms with Gasteiger partial charge in [-0.2, -0.15) is 15.0 Å². The van der Waals surface area contributed by atoms with Crippen LogP contribution in [0.3, 0.4) is 0 Å². The number of fused-ring (bicyclic) bond motifs is 6. The summed E-state index contributed by atoms with van der Waals surface area (Å²) >= 11 is 0. The zero-order chi connectivity index (χ0) is 42.6. The number of hydrogen-bond donors (Lipinski definition) is 0. The molecule has 64 heavy (non-hydrogen) atoms. The molecule has 0 saturated heterocycles.